The molecule has 1 aromatic carbocycles. The quantitative estimate of drug-likeness (QED) is 0.419. The van der Waals surface area contributed by atoms with Crippen LogP contribution in [0.1, 0.15) is 52.5 Å². The van der Waals surface area contributed by atoms with Crippen molar-refractivity contribution in [3.05, 3.63) is 35.9 Å². The summed E-state index contributed by atoms with van der Waals surface area (Å²) in [5.41, 5.74) is 0.650. The molecule has 0 saturated carbocycles. The van der Waals surface area contributed by atoms with E-state index in [1.165, 1.54) is 6.92 Å². The normalized spacial score (nSPS) is 12.1. The Hall–Kier alpha value is -3.36. The van der Waals surface area contributed by atoms with E-state index in [0.29, 0.717) is 18.5 Å². The summed E-state index contributed by atoms with van der Waals surface area (Å²) in [6.45, 7) is 6.35. The van der Waals surface area contributed by atoms with E-state index in [0.717, 1.165) is 5.56 Å². The average molecular weight is 434 g/mol. The van der Waals surface area contributed by atoms with Gasteiger partial charge in [-0.05, 0) is 52.2 Å². The number of para-hydroxylation sites is 1. The summed E-state index contributed by atoms with van der Waals surface area (Å²) >= 11 is 0. The number of rotatable bonds is 10. The van der Waals surface area contributed by atoms with E-state index in [2.05, 4.69) is 16.0 Å². The second kappa shape index (κ2) is 12.4. The minimum atomic E-state index is -0.835. The van der Waals surface area contributed by atoms with Crippen molar-refractivity contribution in [1.29, 1.82) is 0 Å². The highest BCUT2D eigenvalue weighted by Gasteiger charge is 2.19. The zero-order valence-electron chi connectivity index (χ0n) is 18.4. The molecule has 0 spiro atoms. The molecule has 0 bridgehead atoms. The molecule has 0 fully saturated rings. The molecule has 0 aliphatic heterocycles. The minimum absolute atomic E-state index is 0.0999. The van der Waals surface area contributed by atoms with Crippen molar-refractivity contribution in [2.45, 2.75) is 58.6 Å². The molecule has 170 valence electrons. The van der Waals surface area contributed by atoms with Crippen LogP contribution in [0.2, 0.25) is 0 Å². The van der Waals surface area contributed by atoms with Gasteiger partial charge in [0, 0.05) is 12.1 Å². The summed E-state index contributed by atoms with van der Waals surface area (Å²) in [5, 5.41) is 16.3. The van der Waals surface area contributed by atoms with Crippen LogP contribution < -0.4 is 16.0 Å². The summed E-state index contributed by atoms with van der Waals surface area (Å²) < 4.78 is 5.05. The van der Waals surface area contributed by atoms with E-state index in [1.807, 2.05) is 24.3 Å². The maximum absolute atomic E-state index is 12.4. The molecule has 0 radical (unpaired) electrons. The zero-order chi connectivity index (χ0) is 23.4. The molecule has 4 N–H and O–H groups in total. The van der Waals surface area contributed by atoms with Crippen molar-refractivity contribution in [1.82, 2.24) is 10.6 Å². The number of aliphatic carboxylic acids is 1. The van der Waals surface area contributed by atoms with Crippen molar-refractivity contribution in [2.75, 3.05) is 11.9 Å². The van der Waals surface area contributed by atoms with Gasteiger partial charge in [0.25, 0.3) is 0 Å². The summed E-state index contributed by atoms with van der Waals surface area (Å²) in [6.07, 6.45) is 4.17. The molecule has 0 aromatic heterocycles. The summed E-state index contributed by atoms with van der Waals surface area (Å²) in [5.74, 6) is -1.78. The van der Waals surface area contributed by atoms with E-state index in [4.69, 9.17) is 9.84 Å². The fraction of sp³-hybridized carbons (Fsp3) is 0.455. The Morgan fingerprint density at radius 1 is 1.16 bits per heavy atom. The van der Waals surface area contributed by atoms with E-state index in [9.17, 15) is 19.2 Å². The molecule has 3 amide bonds. The third kappa shape index (κ3) is 11.4. The monoisotopic (exact) mass is 433 g/mol. The van der Waals surface area contributed by atoms with Gasteiger partial charge in [-0.25, -0.2) is 4.79 Å². The van der Waals surface area contributed by atoms with Gasteiger partial charge in [-0.3, -0.25) is 14.4 Å². The van der Waals surface area contributed by atoms with Crippen LogP contribution in [0.5, 0.6) is 0 Å². The fourth-order valence-corrected chi connectivity index (χ4v) is 2.40. The van der Waals surface area contributed by atoms with Crippen LogP contribution in [-0.2, 0) is 19.1 Å². The van der Waals surface area contributed by atoms with Crippen molar-refractivity contribution >= 4 is 35.6 Å². The number of alkyl carbamates (subject to hydrolysis) is 1. The second-order valence-electron chi connectivity index (χ2n) is 7.91. The van der Waals surface area contributed by atoms with Gasteiger partial charge in [0.05, 0.1) is 0 Å². The molecular weight excluding hydrogens is 402 g/mol. The van der Waals surface area contributed by atoms with Crippen LogP contribution in [0.25, 0.3) is 6.08 Å². The number of allylic oxidation sites excluding steroid dienone is 1. The topological polar surface area (TPSA) is 134 Å². The number of carboxylic acid groups (broad SMARTS) is 1. The van der Waals surface area contributed by atoms with Crippen molar-refractivity contribution < 1.29 is 29.0 Å². The van der Waals surface area contributed by atoms with Crippen molar-refractivity contribution in [2.24, 2.45) is 0 Å². The smallest absolute Gasteiger partial charge is 0.408 e. The van der Waals surface area contributed by atoms with E-state index >= 15 is 0 Å². The number of anilines is 1. The molecular formula is C22H31N3O6. The predicted octanol–water partition coefficient (Wildman–Crippen LogP) is 2.92. The van der Waals surface area contributed by atoms with Gasteiger partial charge in [-0.2, -0.15) is 0 Å². The fourth-order valence-electron chi connectivity index (χ4n) is 2.40. The van der Waals surface area contributed by atoms with Crippen LogP contribution >= 0.6 is 0 Å². The summed E-state index contributed by atoms with van der Waals surface area (Å²) in [7, 11) is 0. The number of benzene rings is 1. The number of carbonyl (C=O) groups excluding carboxylic acids is 3. The Labute approximate surface area is 182 Å². The van der Waals surface area contributed by atoms with E-state index in [1.54, 1.807) is 32.9 Å². The number of hydrogen-bond donors (Lipinski definition) is 4. The molecule has 1 atom stereocenters. The van der Waals surface area contributed by atoms with Crippen LogP contribution in [0.4, 0.5) is 10.5 Å². The number of amides is 3. The van der Waals surface area contributed by atoms with Gasteiger partial charge in [0.15, 0.2) is 0 Å². The third-order valence-electron chi connectivity index (χ3n) is 3.84. The van der Waals surface area contributed by atoms with Crippen LogP contribution in [-0.4, -0.2) is 47.2 Å². The maximum atomic E-state index is 12.4. The van der Waals surface area contributed by atoms with Gasteiger partial charge in [-0.1, -0.05) is 30.4 Å². The first-order chi connectivity index (χ1) is 14.5. The van der Waals surface area contributed by atoms with Gasteiger partial charge in [0.2, 0.25) is 11.8 Å². The Kier molecular flexibility index (Phi) is 10.2. The Bertz CT molecular complexity index is 814. The van der Waals surface area contributed by atoms with Crippen LogP contribution in [0.3, 0.4) is 0 Å². The highest BCUT2D eigenvalue weighted by Crippen LogP contribution is 2.17. The number of ether oxygens (including phenoxy) is 1. The molecule has 31 heavy (non-hydrogen) atoms. The molecule has 1 rings (SSSR count). The number of nitrogens with one attached hydrogen (secondary N) is 3. The zero-order valence-corrected chi connectivity index (χ0v) is 18.4. The Morgan fingerprint density at radius 2 is 1.84 bits per heavy atom. The lowest BCUT2D eigenvalue weighted by molar-refractivity contribution is -0.137. The Morgan fingerprint density at radius 3 is 2.48 bits per heavy atom. The highest BCUT2D eigenvalue weighted by molar-refractivity contribution is 5.98. The molecule has 9 heteroatoms. The summed E-state index contributed by atoms with van der Waals surface area (Å²) in [6, 6.07) is 6.30. The van der Waals surface area contributed by atoms with Gasteiger partial charge in [0.1, 0.15) is 18.2 Å². The number of carboxylic acids is 1. The molecule has 0 saturated heterocycles. The number of unbranched alkanes of at least 4 members (excludes halogenated alkanes) is 1. The molecule has 0 heterocycles. The maximum Gasteiger partial charge on any atom is 0.408 e. The standard InChI is InChI=1S/C22H31N3O6/c1-15(24-18(26)14-23-21(30)31-22(2,3)4)20(29)25-17-12-9-8-11-16(17)10-6-5-7-13-19(27)28/h6,8-12,15H,5,7,13-14H2,1-4H3,(H,23,30)(H,24,26)(H,25,29)(H,27,28). The molecule has 0 aliphatic rings. The van der Waals surface area contributed by atoms with E-state index in [-0.39, 0.29) is 13.0 Å². The van der Waals surface area contributed by atoms with Crippen molar-refractivity contribution in [3.63, 3.8) is 0 Å². The lowest BCUT2D eigenvalue weighted by Gasteiger charge is -2.20. The molecule has 1 unspecified atom stereocenters. The Balaban J connectivity index is 2.55. The first kappa shape index (κ1) is 25.7. The molecule has 9 nitrogen and oxygen atoms in total. The number of carbonyl (C=O) groups is 4. The highest BCUT2D eigenvalue weighted by atomic mass is 16.6. The third-order valence-corrected chi connectivity index (χ3v) is 3.84. The first-order valence-electron chi connectivity index (χ1n) is 10.0. The molecule has 1 aromatic rings. The number of hydrogen-bond acceptors (Lipinski definition) is 5. The van der Waals surface area contributed by atoms with Crippen LogP contribution in [0.15, 0.2) is 30.3 Å². The second-order valence-corrected chi connectivity index (χ2v) is 7.91. The minimum Gasteiger partial charge on any atom is -0.481 e. The average Bonchev–Trinajstić information content (AvgIpc) is 2.65. The van der Waals surface area contributed by atoms with Gasteiger partial charge in [-0.15, -0.1) is 0 Å². The van der Waals surface area contributed by atoms with E-state index < -0.39 is 35.5 Å². The SMILES string of the molecule is CC(NC(=O)CNC(=O)OC(C)(C)C)C(=O)Nc1ccccc1C=CCCCC(=O)O. The lowest BCUT2D eigenvalue weighted by Crippen LogP contribution is -2.46. The largest absolute Gasteiger partial charge is 0.481 e. The predicted molar refractivity (Wildman–Crippen MR) is 117 cm³/mol. The van der Waals surface area contributed by atoms with Gasteiger partial charge < -0.3 is 25.8 Å². The van der Waals surface area contributed by atoms with Crippen molar-refractivity contribution in [3.8, 4) is 0 Å². The van der Waals surface area contributed by atoms with Gasteiger partial charge >= 0.3 is 12.1 Å². The van der Waals surface area contributed by atoms with Crippen LogP contribution in [0, 0.1) is 0 Å². The first-order valence-corrected chi connectivity index (χ1v) is 10.0. The lowest BCUT2D eigenvalue weighted by atomic mass is 10.1. The molecule has 0 aliphatic carbocycles. The summed E-state index contributed by atoms with van der Waals surface area (Å²) in [4.78, 5) is 46.6.